The second-order valence-electron chi connectivity index (χ2n) is 5.45. The number of hydrogen-bond acceptors (Lipinski definition) is 4. The van der Waals surface area contributed by atoms with Crippen LogP contribution >= 0.6 is 0 Å². The molecule has 1 aromatic carbocycles. The van der Waals surface area contributed by atoms with Crippen molar-refractivity contribution in [3.05, 3.63) is 41.5 Å². The smallest absolute Gasteiger partial charge is 0.152 e. The first-order valence-electron chi connectivity index (χ1n) is 7.11. The number of aryl methyl sites for hydroxylation is 1. The summed E-state index contributed by atoms with van der Waals surface area (Å²) in [5.74, 6) is 1.94. The lowest BCUT2D eigenvalue weighted by atomic mass is 10.0. The zero-order valence-corrected chi connectivity index (χ0v) is 12.1. The van der Waals surface area contributed by atoms with Gasteiger partial charge in [-0.1, -0.05) is 18.2 Å². The third-order valence-corrected chi connectivity index (χ3v) is 4.14. The van der Waals surface area contributed by atoms with Gasteiger partial charge in [-0.3, -0.25) is 0 Å². The van der Waals surface area contributed by atoms with E-state index in [4.69, 9.17) is 5.73 Å². The summed E-state index contributed by atoms with van der Waals surface area (Å²) in [7, 11) is 2.01. The highest BCUT2D eigenvalue weighted by molar-refractivity contribution is 5.55. The number of hydrogen-bond donors (Lipinski definition) is 1. The van der Waals surface area contributed by atoms with Crippen molar-refractivity contribution in [2.45, 2.75) is 32.4 Å². The first-order valence-corrected chi connectivity index (χ1v) is 7.11. The van der Waals surface area contributed by atoms with Crippen LogP contribution in [0.5, 0.6) is 0 Å². The van der Waals surface area contributed by atoms with E-state index in [1.807, 2.05) is 18.5 Å². The Kier molecular flexibility index (Phi) is 3.44. The lowest BCUT2D eigenvalue weighted by molar-refractivity contribution is 0.619. The quantitative estimate of drug-likeness (QED) is 0.906. The van der Waals surface area contributed by atoms with Gasteiger partial charge < -0.3 is 15.2 Å². The largest absolute Gasteiger partial charge is 0.364 e. The van der Waals surface area contributed by atoms with Crippen LogP contribution in [0.1, 0.15) is 36.1 Å². The van der Waals surface area contributed by atoms with Crippen LogP contribution in [-0.2, 0) is 13.6 Å². The molecule has 2 aromatic rings. The molecule has 0 radical (unpaired) electrons. The highest BCUT2D eigenvalue weighted by atomic mass is 15.3. The van der Waals surface area contributed by atoms with E-state index in [9.17, 15) is 0 Å². The monoisotopic (exact) mass is 271 g/mol. The molecule has 1 aliphatic heterocycles. The molecule has 0 amide bonds. The Hall–Kier alpha value is -1.88. The Morgan fingerprint density at radius 2 is 2.10 bits per heavy atom. The maximum Gasteiger partial charge on any atom is 0.152 e. The molecule has 5 heteroatoms. The lowest BCUT2D eigenvalue weighted by Crippen LogP contribution is -2.25. The van der Waals surface area contributed by atoms with Crippen molar-refractivity contribution in [1.29, 1.82) is 0 Å². The SMILES string of the molecule is Cc1nnc(CN2CCCC(N)c3ccccc32)n1C. The summed E-state index contributed by atoms with van der Waals surface area (Å²) in [4.78, 5) is 2.37. The highest BCUT2D eigenvalue weighted by Crippen LogP contribution is 2.31. The number of anilines is 1. The van der Waals surface area contributed by atoms with Gasteiger partial charge in [-0.25, -0.2) is 0 Å². The summed E-state index contributed by atoms with van der Waals surface area (Å²) in [6.07, 6.45) is 2.14. The molecule has 0 aliphatic carbocycles. The molecule has 2 N–H and O–H groups in total. The Labute approximate surface area is 119 Å². The van der Waals surface area contributed by atoms with Crippen molar-refractivity contribution in [2.75, 3.05) is 11.4 Å². The van der Waals surface area contributed by atoms with Crippen molar-refractivity contribution >= 4 is 5.69 Å². The van der Waals surface area contributed by atoms with Crippen LogP contribution < -0.4 is 10.6 Å². The fourth-order valence-corrected chi connectivity index (χ4v) is 2.79. The molecule has 1 aliphatic rings. The minimum atomic E-state index is 0.137. The molecule has 1 unspecified atom stereocenters. The molecule has 0 fully saturated rings. The second kappa shape index (κ2) is 5.25. The van der Waals surface area contributed by atoms with E-state index in [1.165, 1.54) is 11.3 Å². The summed E-state index contributed by atoms with van der Waals surface area (Å²) in [5, 5.41) is 8.41. The molecule has 0 saturated carbocycles. The van der Waals surface area contributed by atoms with Gasteiger partial charge in [0.2, 0.25) is 0 Å². The van der Waals surface area contributed by atoms with Gasteiger partial charge in [-0.15, -0.1) is 10.2 Å². The van der Waals surface area contributed by atoms with Crippen molar-refractivity contribution in [1.82, 2.24) is 14.8 Å². The second-order valence-corrected chi connectivity index (χ2v) is 5.45. The van der Waals surface area contributed by atoms with Crippen molar-refractivity contribution in [3.63, 3.8) is 0 Å². The fraction of sp³-hybridized carbons (Fsp3) is 0.467. The van der Waals surface area contributed by atoms with Crippen LogP contribution in [-0.4, -0.2) is 21.3 Å². The Balaban J connectivity index is 1.93. The Morgan fingerprint density at radius 3 is 2.85 bits per heavy atom. The Bertz CT molecular complexity index is 604. The van der Waals surface area contributed by atoms with Gasteiger partial charge in [0.05, 0.1) is 6.54 Å². The minimum absolute atomic E-state index is 0.137. The van der Waals surface area contributed by atoms with Gasteiger partial charge in [-0.05, 0) is 31.4 Å². The number of benzene rings is 1. The third-order valence-electron chi connectivity index (χ3n) is 4.14. The van der Waals surface area contributed by atoms with E-state index in [0.717, 1.165) is 37.6 Å². The fourth-order valence-electron chi connectivity index (χ4n) is 2.79. The molecule has 0 spiro atoms. The van der Waals surface area contributed by atoms with Crippen LogP contribution in [0.2, 0.25) is 0 Å². The summed E-state index contributed by atoms with van der Waals surface area (Å²) in [6.45, 7) is 3.76. The molecule has 0 saturated heterocycles. The Morgan fingerprint density at radius 1 is 1.30 bits per heavy atom. The van der Waals surface area contributed by atoms with E-state index in [2.05, 4.69) is 39.4 Å². The number of nitrogens with zero attached hydrogens (tertiary/aromatic N) is 4. The number of rotatable bonds is 2. The van der Waals surface area contributed by atoms with Gasteiger partial charge in [-0.2, -0.15) is 0 Å². The van der Waals surface area contributed by atoms with Crippen molar-refractivity contribution < 1.29 is 0 Å². The van der Waals surface area contributed by atoms with E-state index in [1.54, 1.807) is 0 Å². The summed E-state index contributed by atoms with van der Waals surface area (Å²) in [6, 6.07) is 8.57. The number of para-hydroxylation sites is 1. The third kappa shape index (κ3) is 2.29. The maximum atomic E-state index is 6.28. The van der Waals surface area contributed by atoms with E-state index >= 15 is 0 Å². The summed E-state index contributed by atoms with van der Waals surface area (Å²) in [5.41, 5.74) is 8.75. The molecule has 106 valence electrons. The molecule has 0 bridgehead atoms. The van der Waals surface area contributed by atoms with E-state index < -0.39 is 0 Å². The van der Waals surface area contributed by atoms with E-state index in [0.29, 0.717) is 0 Å². The molecule has 3 rings (SSSR count). The van der Waals surface area contributed by atoms with Crippen LogP contribution in [0.15, 0.2) is 24.3 Å². The zero-order chi connectivity index (χ0) is 14.1. The van der Waals surface area contributed by atoms with Gasteiger partial charge in [0.25, 0.3) is 0 Å². The van der Waals surface area contributed by atoms with Gasteiger partial charge in [0.15, 0.2) is 5.82 Å². The molecule has 20 heavy (non-hydrogen) atoms. The first kappa shape index (κ1) is 13.1. The van der Waals surface area contributed by atoms with Crippen LogP contribution in [0.4, 0.5) is 5.69 Å². The number of fused-ring (bicyclic) bond motifs is 1. The predicted octanol–water partition coefficient (Wildman–Crippen LogP) is 1.92. The number of aromatic nitrogens is 3. The van der Waals surface area contributed by atoms with Crippen molar-refractivity contribution in [2.24, 2.45) is 12.8 Å². The van der Waals surface area contributed by atoms with Gasteiger partial charge in [0, 0.05) is 25.3 Å². The molecule has 5 nitrogen and oxygen atoms in total. The van der Waals surface area contributed by atoms with Crippen molar-refractivity contribution in [3.8, 4) is 0 Å². The molecule has 1 atom stereocenters. The standard InChI is InChI=1S/C15H21N5/c1-11-17-18-15(19(11)2)10-20-9-5-7-13(16)12-6-3-4-8-14(12)20/h3-4,6,8,13H,5,7,9-10,16H2,1-2H3. The van der Waals surface area contributed by atoms with Gasteiger partial charge in [0.1, 0.15) is 5.82 Å². The van der Waals surface area contributed by atoms with Gasteiger partial charge >= 0.3 is 0 Å². The zero-order valence-electron chi connectivity index (χ0n) is 12.1. The molecular formula is C15H21N5. The topological polar surface area (TPSA) is 60.0 Å². The van der Waals surface area contributed by atoms with Crippen LogP contribution in [0, 0.1) is 6.92 Å². The molecule has 1 aromatic heterocycles. The van der Waals surface area contributed by atoms with E-state index in [-0.39, 0.29) is 6.04 Å². The summed E-state index contributed by atoms with van der Waals surface area (Å²) >= 11 is 0. The number of nitrogens with two attached hydrogens (primary N) is 1. The molecule has 2 heterocycles. The first-order chi connectivity index (χ1) is 9.66. The lowest BCUT2D eigenvalue weighted by Gasteiger charge is -2.24. The average Bonchev–Trinajstić information content (AvgIpc) is 2.69. The summed E-state index contributed by atoms with van der Waals surface area (Å²) < 4.78 is 2.05. The maximum absolute atomic E-state index is 6.28. The minimum Gasteiger partial charge on any atom is -0.364 e. The predicted molar refractivity (Wildman–Crippen MR) is 79.4 cm³/mol. The highest BCUT2D eigenvalue weighted by Gasteiger charge is 2.21. The normalized spacial score (nSPS) is 18.8. The molecular weight excluding hydrogens is 250 g/mol. The van der Waals surface area contributed by atoms with Crippen LogP contribution in [0.25, 0.3) is 0 Å². The average molecular weight is 271 g/mol. The van der Waals surface area contributed by atoms with Crippen LogP contribution in [0.3, 0.4) is 0 Å².